The largest absolute Gasteiger partial charge is 0.315 e. The van der Waals surface area contributed by atoms with Crippen LogP contribution in [0, 0.1) is 11.3 Å². The molecule has 1 N–H and O–H groups in total. The van der Waals surface area contributed by atoms with Crippen LogP contribution in [0.4, 0.5) is 0 Å². The van der Waals surface area contributed by atoms with E-state index in [1.807, 2.05) is 0 Å². The van der Waals surface area contributed by atoms with Crippen LogP contribution in [-0.2, 0) is 0 Å². The number of nitrogens with zero attached hydrogens (tertiary/aromatic N) is 2. The van der Waals surface area contributed by atoms with Gasteiger partial charge in [0.05, 0.1) is 12.6 Å². The van der Waals surface area contributed by atoms with Gasteiger partial charge in [-0.3, -0.25) is 4.90 Å². The van der Waals surface area contributed by atoms with Crippen LogP contribution < -0.4 is 5.32 Å². The first-order chi connectivity index (χ1) is 4.93. The Morgan fingerprint density at radius 1 is 1.40 bits per heavy atom. The molecule has 1 heterocycles. The summed E-state index contributed by atoms with van der Waals surface area (Å²) < 4.78 is 0. The van der Waals surface area contributed by atoms with E-state index in [2.05, 4.69) is 16.3 Å². The minimum absolute atomic E-state index is 0.585. The summed E-state index contributed by atoms with van der Waals surface area (Å²) >= 11 is 0. The van der Waals surface area contributed by atoms with Gasteiger partial charge in [0.2, 0.25) is 0 Å². The van der Waals surface area contributed by atoms with Gasteiger partial charge in [0.15, 0.2) is 0 Å². The molecule has 1 fully saturated rings. The van der Waals surface area contributed by atoms with E-state index in [4.69, 9.17) is 5.26 Å². The summed E-state index contributed by atoms with van der Waals surface area (Å²) in [5.41, 5.74) is 0. The molecule has 0 aromatic carbocycles. The molecule has 1 saturated heterocycles. The molecule has 3 heteroatoms. The van der Waals surface area contributed by atoms with E-state index in [0.29, 0.717) is 6.54 Å². The van der Waals surface area contributed by atoms with Crippen LogP contribution in [0.5, 0.6) is 0 Å². The minimum Gasteiger partial charge on any atom is -0.315 e. The number of hydrogen-bond donors (Lipinski definition) is 1. The predicted octanol–water partition coefficient (Wildman–Crippen LogP) is -0.195. The third kappa shape index (κ3) is 2.34. The first kappa shape index (κ1) is 7.52. The second-order valence-electron chi connectivity index (χ2n) is 2.54. The maximum absolute atomic E-state index is 8.40. The number of hydrogen-bond acceptors (Lipinski definition) is 3. The van der Waals surface area contributed by atoms with E-state index in [1.165, 1.54) is 6.42 Å². The van der Waals surface area contributed by atoms with Crippen LogP contribution in [-0.4, -0.2) is 37.6 Å². The third-order valence-corrected chi connectivity index (χ3v) is 1.73. The summed E-state index contributed by atoms with van der Waals surface area (Å²) in [4.78, 5) is 2.18. The maximum atomic E-state index is 8.40. The van der Waals surface area contributed by atoms with Gasteiger partial charge in [-0.05, 0) is 13.0 Å². The molecule has 10 heavy (non-hydrogen) atoms. The fraction of sp³-hybridized carbons (Fsp3) is 0.857. The standard InChI is InChI=1S/C7H13N3/c8-2-6-10-5-1-3-9-4-7-10/h9H,1,3-7H2. The minimum atomic E-state index is 0.585. The van der Waals surface area contributed by atoms with Gasteiger partial charge in [-0.25, -0.2) is 0 Å². The quantitative estimate of drug-likeness (QED) is 0.512. The lowest BCUT2D eigenvalue weighted by Crippen LogP contribution is -2.28. The van der Waals surface area contributed by atoms with Crippen LogP contribution in [0.15, 0.2) is 0 Å². The van der Waals surface area contributed by atoms with Gasteiger partial charge in [0.1, 0.15) is 0 Å². The van der Waals surface area contributed by atoms with Gasteiger partial charge < -0.3 is 5.32 Å². The highest BCUT2D eigenvalue weighted by Crippen LogP contribution is 1.92. The van der Waals surface area contributed by atoms with Gasteiger partial charge in [-0.1, -0.05) is 0 Å². The van der Waals surface area contributed by atoms with Gasteiger partial charge in [0, 0.05) is 19.6 Å². The third-order valence-electron chi connectivity index (χ3n) is 1.73. The number of nitriles is 1. The van der Waals surface area contributed by atoms with Gasteiger partial charge in [-0.15, -0.1) is 0 Å². The lowest BCUT2D eigenvalue weighted by molar-refractivity contribution is 0.328. The zero-order valence-corrected chi connectivity index (χ0v) is 6.14. The molecule has 0 radical (unpaired) electrons. The molecule has 0 aromatic rings. The van der Waals surface area contributed by atoms with E-state index in [-0.39, 0.29) is 0 Å². The molecule has 0 saturated carbocycles. The Labute approximate surface area is 61.6 Å². The molecule has 0 aromatic heterocycles. The zero-order valence-electron chi connectivity index (χ0n) is 6.14. The number of nitrogens with one attached hydrogen (secondary N) is 1. The van der Waals surface area contributed by atoms with Crippen LogP contribution in [0.1, 0.15) is 6.42 Å². The molecule has 0 atom stereocenters. The maximum Gasteiger partial charge on any atom is 0.0866 e. The summed E-state index contributed by atoms with van der Waals surface area (Å²) in [5, 5.41) is 11.7. The van der Waals surface area contributed by atoms with Crippen molar-refractivity contribution in [3.05, 3.63) is 0 Å². The highest BCUT2D eigenvalue weighted by Gasteiger charge is 2.05. The summed E-state index contributed by atoms with van der Waals surface area (Å²) in [6.07, 6.45) is 1.17. The molecule has 0 amide bonds. The van der Waals surface area contributed by atoms with Gasteiger partial charge >= 0.3 is 0 Å². The topological polar surface area (TPSA) is 39.1 Å². The second kappa shape index (κ2) is 4.26. The molecule has 1 rings (SSSR count). The molecule has 3 nitrogen and oxygen atoms in total. The van der Waals surface area contributed by atoms with Crippen LogP contribution >= 0.6 is 0 Å². The SMILES string of the molecule is N#CCN1CCCNCC1. The normalized spacial score (nSPS) is 21.5. The monoisotopic (exact) mass is 139 g/mol. The van der Waals surface area contributed by atoms with Crippen molar-refractivity contribution in [3.63, 3.8) is 0 Å². The van der Waals surface area contributed by atoms with Crippen molar-refractivity contribution in [2.75, 3.05) is 32.7 Å². The highest BCUT2D eigenvalue weighted by atomic mass is 15.1. The summed E-state index contributed by atoms with van der Waals surface area (Å²) in [6.45, 7) is 4.80. The zero-order chi connectivity index (χ0) is 7.23. The molecule has 1 aliphatic rings. The Kier molecular flexibility index (Phi) is 3.20. The number of rotatable bonds is 1. The Morgan fingerprint density at radius 3 is 3.10 bits per heavy atom. The van der Waals surface area contributed by atoms with Crippen molar-refractivity contribution in [1.82, 2.24) is 10.2 Å². The molecule has 0 bridgehead atoms. The Morgan fingerprint density at radius 2 is 2.30 bits per heavy atom. The van der Waals surface area contributed by atoms with Gasteiger partial charge in [-0.2, -0.15) is 5.26 Å². The molecule has 0 aliphatic carbocycles. The van der Waals surface area contributed by atoms with Crippen LogP contribution in [0.3, 0.4) is 0 Å². The Bertz CT molecular complexity index is 119. The molecular formula is C7H13N3. The van der Waals surface area contributed by atoms with E-state index < -0.39 is 0 Å². The lowest BCUT2D eigenvalue weighted by Gasteiger charge is -2.13. The Hall–Kier alpha value is -0.590. The summed E-state index contributed by atoms with van der Waals surface area (Å²) in [5.74, 6) is 0. The summed E-state index contributed by atoms with van der Waals surface area (Å²) in [7, 11) is 0. The fourth-order valence-corrected chi connectivity index (χ4v) is 1.16. The van der Waals surface area contributed by atoms with E-state index in [9.17, 15) is 0 Å². The molecule has 1 aliphatic heterocycles. The molecule has 0 spiro atoms. The van der Waals surface area contributed by atoms with Crippen LogP contribution in [0.25, 0.3) is 0 Å². The fourth-order valence-electron chi connectivity index (χ4n) is 1.16. The molecule has 56 valence electrons. The van der Waals surface area contributed by atoms with E-state index in [1.54, 1.807) is 0 Å². The van der Waals surface area contributed by atoms with Crippen molar-refractivity contribution < 1.29 is 0 Å². The van der Waals surface area contributed by atoms with E-state index >= 15 is 0 Å². The average molecular weight is 139 g/mol. The molecule has 0 unspecified atom stereocenters. The molecular weight excluding hydrogens is 126 g/mol. The highest BCUT2D eigenvalue weighted by molar-refractivity contribution is 4.78. The Balaban J connectivity index is 2.23. The van der Waals surface area contributed by atoms with Gasteiger partial charge in [0.25, 0.3) is 0 Å². The predicted molar refractivity (Wildman–Crippen MR) is 39.5 cm³/mol. The second-order valence-corrected chi connectivity index (χ2v) is 2.54. The summed E-state index contributed by atoms with van der Waals surface area (Å²) in [6, 6.07) is 2.16. The van der Waals surface area contributed by atoms with Crippen molar-refractivity contribution in [1.29, 1.82) is 5.26 Å². The smallest absolute Gasteiger partial charge is 0.0866 e. The first-order valence-electron chi connectivity index (χ1n) is 3.73. The first-order valence-corrected chi connectivity index (χ1v) is 3.73. The van der Waals surface area contributed by atoms with Crippen molar-refractivity contribution in [2.24, 2.45) is 0 Å². The average Bonchev–Trinajstić information content (AvgIpc) is 2.17. The van der Waals surface area contributed by atoms with Crippen LogP contribution in [0.2, 0.25) is 0 Å². The van der Waals surface area contributed by atoms with Crippen molar-refractivity contribution >= 4 is 0 Å². The van der Waals surface area contributed by atoms with Crippen molar-refractivity contribution in [2.45, 2.75) is 6.42 Å². The van der Waals surface area contributed by atoms with Crippen molar-refractivity contribution in [3.8, 4) is 6.07 Å². The van der Waals surface area contributed by atoms with E-state index in [0.717, 1.165) is 26.2 Å². The lowest BCUT2D eigenvalue weighted by atomic mass is 10.4.